The quantitative estimate of drug-likeness (QED) is 0.626. The largest absolute Gasteiger partial charge is 0.503 e. The van der Waals surface area contributed by atoms with Gasteiger partial charge in [-0.1, -0.05) is 19.4 Å². The van der Waals surface area contributed by atoms with E-state index in [0.717, 1.165) is 25.3 Å². The number of aromatic hydroxyl groups is 1. The number of nitrogens with one attached hydrogen (secondary N) is 1. The van der Waals surface area contributed by atoms with Gasteiger partial charge in [-0.2, -0.15) is 0 Å². The van der Waals surface area contributed by atoms with Gasteiger partial charge in [-0.05, 0) is 42.1 Å². The van der Waals surface area contributed by atoms with Crippen LogP contribution >= 0.6 is 0 Å². The minimum Gasteiger partial charge on any atom is -0.503 e. The molecule has 3 aliphatic rings. The molecule has 3 unspecified atom stereocenters. The zero-order chi connectivity index (χ0) is 25.1. The summed E-state index contributed by atoms with van der Waals surface area (Å²) in [6, 6.07) is 2.98. The van der Waals surface area contributed by atoms with Crippen LogP contribution in [0.4, 0.5) is 8.78 Å². The Hall–Kier alpha value is -3.07. The lowest BCUT2D eigenvalue weighted by atomic mass is 9.93. The number of rotatable bonds is 7. The van der Waals surface area contributed by atoms with Crippen LogP contribution in [0, 0.1) is 40.7 Å². The van der Waals surface area contributed by atoms with Crippen LogP contribution in [-0.4, -0.2) is 35.1 Å². The second-order valence-corrected chi connectivity index (χ2v) is 10.1. The summed E-state index contributed by atoms with van der Waals surface area (Å²) in [6.07, 6.45) is 4.07. The monoisotopic (exact) mass is 486 g/mol. The van der Waals surface area contributed by atoms with Crippen LogP contribution in [0.25, 0.3) is 0 Å². The molecule has 1 spiro atoms. The number of benzene rings is 1. The number of halogens is 2. The summed E-state index contributed by atoms with van der Waals surface area (Å²) >= 11 is 0. The van der Waals surface area contributed by atoms with Crippen molar-refractivity contribution >= 4 is 11.7 Å². The molecule has 186 valence electrons. The van der Waals surface area contributed by atoms with Gasteiger partial charge in [-0.25, -0.2) is 8.78 Å². The van der Waals surface area contributed by atoms with Gasteiger partial charge in [0.25, 0.3) is 5.91 Å². The first-order chi connectivity index (χ1) is 16.7. The zero-order valence-corrected chi connectivity index (χ0v) is 19.6. The summed E-state index contributed by atoms with van der Waals surface area (Å²) in [5.74, 6) is -2.92. The van der Waals surface area contributed by atoms with Crippen molar-refractivity contribution in [3.63, 3.8) is 0 Å². The lowest BCUT2D eigenvalue weighted by Gasteiger charge is -2.21. The Kier molecular flexibility index (Phi) is 5.78. The van der Waals surface area contributed by atoms with Gasteiger partial charge in [0, 0.05) is 50.6 Å². The predicted molar refractivity (Wildman–Crippen MR) is 122 cm³/mol. The van der Waals surface area contributed by atoms with Crippen LogP contribution < -0.4 is 10.7 Å². The number of hydrogen-bond donors (Lipinski definition) is 2. The van der Waals surface area contributed by atoms with E-state index in [1.807, 2.05) is 0 Å². The predicted octanol–water partition coefficient (Wildman–Crippen LogP) is 3.27. The zero-order valence-electron chi connectivity index (χ0n) is 19.6. The summed E-state index contributed by atoms with van der Waals surface area (Å²) in [4.78, 5) is 39.2. The van der Waals surface area contributed by atoms with E-state index < -0.39 is 28.7 Å². The topological polar surface area (TPSA) is 97.6 Å². The highest BCUT2D eigenvalue weighted by molar-refractivity contribution is 6.02. The number of ether oxygens (including phenoxy) is 1. The maximum absolute atomic E-state index is 13.9. The molecule has 5 rings (SSSR count). The molecular formula is C26H28F2N2O5. The molecule has 2 fully saturated rings. The van der Waals surface area contributed by atoms with Gasteiger partial charge in [0.2, 0.25) is 5.43 Å². The highest BCUT2D eigenvalue weighted by Crippen LogP contribution is 2.73. The minimum atomic E-state index is -0.939. The van der Waals surface area contributed by atoms with Gasteiger partial charge < -0.3 is 19.7 Å². The van der Waals surface area contributed by atoms with E-state index in [4.69, 9.17) is 4.74 Å². The number of methoxy groups -OCH3 is 1. The van der Waals surface area contributed by atoms with Gasteiger partial charge in [0.1, 0.15) is 22.9 Å². The SMILES string of the molecule is CCCC1C2C(=O)c3c(O)c(=O)c(C(=O)NCc4ccc(F)cc4F)cn3C[C@@]3(C[C@@H]3COC)C12. The third kappa shape index (κ3) is 3.76. The molecule has 2 heterocycles. The number of hydrogen-bond acceptors (Lipinski definition) is 5. The maximum Gasteiger partial charge on any atom is 0.257 e. The molecule has 1 aromatic carbocycles. The van der Waals surface area contributed by atoms with Crippen molar-refractivity contribution in [2.45, 2.75) is 39.3 Å². The number of pyridine rings is 1. The number of carbonyl (C=O) groups is 2. The summed E-state index contributed by atoms with van der Waals surface area (Å²) in [7, 11) is 1.64. The Morgan fingerprint density at radius 3 is 2.77 bits per heavy atom. The first-order valence-electron chi connectivity index (χ1n) is 11.9. The molecule has 1 aromatic heterocycles. The minimum absolute atomic E-state index is 0.0373. The lowest BCUT2D eigenvalue weighted by molar-refractivity contribution is 0.0931. The van der Waals surface area contributed by atoms with Crippen LogP contribution in [0.3, 0.4) is 0 Å². The molecule has 1 amide bonds. The van der Waals surface area contributed by atoms with E-state index in [1.54, 1.807) is 11.7 Å². The molecular weight excluding hydrogens is 458 g/mol. The summed E-state index contributed by atoms with van der Waals surface area (Å²) in [6.45, 7) is 2.78. The Morgan fingerprint density at radius 2 is 2.09 bits per heavy atom. The number of Topliss-reactive ketones (excluding diaryl/α,β-unsaturated/α-hetero) is 1. The molecule has 0 radical (unpaired) electrons. The molecule has 0 saturated heterocycles. The standard InChI is InChI=1S/C26H28F2N2O5/c1-3-4-16-19-20(16)26(8-14(26)11-35-2)12-30-10-17(22(31)24(33)21(30)23(19)32)25(34)29-9-13-5-6-15(27)7-18(13)28/h5-7,10,14,16,19-20,33H,3-4,8-9,11-12H2,1-2H3,(H,29,34)/t14-,16?,19?,20?,26-/m1/s1. The van der Waals surface area contributed by atoms with Crippen LogP contribution in [0.2, 0.25) is 0 Å². The highest BCUT2D eigenvalue weighted by Gasteiger charge is 2.73. The van der Waals surface area contributed by atoms with Crippen molar-refractivity contribution in [3.05, 3.63) is 63.1 Å². The van der Waals surface area contributed by atoms with E-state index in [1.165, 1.54) is 12.3 Å². The van der Waals surface area contributed by atoms with Gasteiger partial charge >= 0.3 is 0 Å². The number of nitrogens with zero attached hydrogens (tertiary/aromatic N) is 1. The van der Waals surface area contributed by atoms with Crippen molar-refractivity contribution in [1.29, 1.82) is 0 Å². The Balaban J connectivity index is 1.47. The third-order valence-corrected chi connectivity index (χ3v) is 8.06. The maximum atomic E-state index is 13.9. The molecule has 2 N–H and O–H groups in total. The first kappa shape index (κ1) is 23.7. The van der Waals surface area contributed by atoms with Crippen LogP contribution in [-0.2, 0) is 17.8 Å². The molecule has 0 bridgehead atoms. The molecule has 1 aliphatic heterocycles. The Bertz CT molecular complexity index is 1280. The van der Waals surface area contributed by atoms with Crippen molar-refractivity contribution < 1.29 is 28.2 Å². The fraction of sp³-hybridized carbons (Fsp3) is 0.500. The van der Waals surface area contributed by atoms with Crippen molar-refractivity contribution in [3.8, 4) is 5.75 Å². The third-order valence-electron chi connectivity index (χ3n) is 8.06. The first-order valence-corrected chi connectivity index (χ1v) is 11.9. The van der Waals surface area contributed by atoms with E-state index in [9.17, 15) is 28.3 Å². The fourth-order valence-electron chi connectivity index (χ4n) is 6.35. The number of aromatic nitrogens is 1. The fourth-order valence-corrected chi connectivity index (χ4v) is 6.35. The van der Waals surface area contributed by atoms with Gasteiger partial charge in [-0.3, -0.25) is 14.4 Å². The van der Waals surface area contributed by atoms with E-state index in [0.29, 0.717) is 19.2 Å². The van der Waals surface area contributed by atoms with Crippen molar-refractivity contribution in [1.82, 2.24) is 9.88 Å². The molecule has 9 heteroatoms. The normalized spacial score (nSPS) is 28.3. The van der Waals surface area contributed by atoms with Crippen LogP contribution in [0.5, 0.6) is 5.75 Å². The van der Waals surface area contributed by atoms with Gasteiger partial charge in [0.15, 0.2) is 11.5 Å². The molecule has 35 heavy (non-hydrogen) atoms. The molecule has 5 atom stereocenters. The van der Waals surface area contributed by atoms with E-state index >= 15 is 0 Å². The number of fused-ring (bicyclic) bond motifs is 3. The highest BCUT2D eigenvalue weighted by atomic mass is 19.1. The Morgan fingerprint density at radius 1 is 1.31 bits per heavy atom. The average molecular weight is 487 g/mol. The van der Waals surface area contributed by atoms with Crippen LogP contribution in [0.1, 0.15) is 52.6 Å². The number of carbonyl (C=O) groups excluding carboxylic acids is 2. The van der Waals surface area contributed by atoms with Gasteiger partial charge in [-0.15, -0.1) is 0 Å². The average Bonchev–Trinajstić information content (AvgIpc) is 3.71. The second kappa shape index (κ2) is 8.55. The molecule has 2 aliphatic carbocycles. The lowest BCUT2D eigenvalue weighted by Crippen LogP contribution is -2.32. The smallest absolute Gasteiger partial charge is 0.257 e. The van der Waals surface area contributed by atoms with Crippen molar-refractivity contribution in [2.75, 3.05) is 13.7 Å². The van der Waals surface area contributed by atoms with Crippen molar-refractivity contribution in [2.24, 2.45) is 29.1 Å². The summed E-state index contributed by atoms with van der Waals surface area (Å²) < 4.78 is 34.0. The molecule has 2 aromatic rings. The summed E-state index contributed by atoms with van der Waals surface area (Å²) in [5.41, 5.74) is -1.43. The van der Waals surface area contributed by atoms with Crippen LogP contribution in [0.15, 0.2) is 29.2 Å². The van der Waals surface area contributed by atoms with E-state index in [2.05, 4.69) is 12.2 Å². The Labute approximate surface area is 201 Å². The molecule has 2 saturated carbocycles. The number of ketones is 1. The summed E-state index contributed by atoms with van der Waals surface area (Å²) in [5, 5.41) is 13.2. The van der Waals surface area contributed by atoms with E-state index in [-0.39, 0.29) is 58.2 Å². The number of amides is 1. The van der Waals surface area contributed by atoms with Gasteiger partial charge in [0.05, 0.1) is 0 Å². The molecule has 7 nitrogen and oxygen atoms in total. The second-order valence-electron chi connectivity index (χ2n) is 10.1.